The maximum Gasteiger partial charge on any atom is 0.149 e. The van der Waals surface area contributed by atoms with Gasteiger partial charge in [0.25, 0.3) is 0 Å². The van der Waals surface area contributed by atoms with E-state index in [-0.39, 0.29) is 18.4 Å². The molecule has 0 bridgehead atoms. The van der Waals surface area contributed by atoms with Crippen molar-refractivity contribution in [3.05, 3.63) is 0 Å². The van der Waals surface area contributed by atoms with Crippen LogP contribution in [0.1, 0.15) is 39.5 Å². The molecular formula is C11H21NO2. The van der Waals surface area contributed by atoms with Crippen LogP contribution in [0.3, 0.4) is 0 Å². The van der Waals surface area contributed by atoms with Gasteiger partial charge >= 0.3 is 0 Å². The molecule has 1 aliphatic rings. The van der Waals surface area contributed by atoms with Gasteiger partial charge in [-0.25, -0.2) is 0 Å². The molecule has 1 fully saturated rings. The van der Waals surface area contributed by atoms with E-state index in [0.29, 0.717) is 19.0 Å². The Hall–Kier alpha value is -0.410. The van der Waals surface area contributed by atoms with Gasteiger partial charge in [0.1, 0.15) is 5.78 Å². The summed E-state index contributed by atoms with van der Waals surface area (Å²) in [6, 6.07) is 0.519. The van der Waals surface area contributed by atoms with Crippen molar-refractivity contribution in [3.8, 4) is 0 Å². The van der Waals surface area contributed by atoms with Gasteiger partial charge in [0.2, 0.25) is 0 Å². The molecule has 0 aromatic heterocycles. The van der Waals surface area contributed by atoms with Crippen LogP contribution in [-0.2, 0) is 4.79 Å². The standard InChI is InChI=1S/C11H21NO2/c1-3-11(14)9(2)12(7-8-13)10-5-4-6-10/h9-10,13H,3-8H2,1-2H3. The predicted molar refractivity (Wildman–Crippen MR) is 56.2 cm³/mol. The average Bonchev–Trinajstić information content (AvgIpc) is 2.12. The number of rotatable bonds is 6. The quantitative estimate of drug-likeness (QED) is 0.699. The van der Waals surface area contributed by atoms with Crippen LogP contribution < -0.4 is 0 Å². The SMILES string of the molecule is CCC(=O)C(C)N(CCO)C1CCC1. The van der Waals surface area contributed by atoms with Crippen LogP contribution in [0, 0.1) is 0 Å². The van der Waals surface area contributed by atoms with E-state index in [1.165, 1.54) is 19.3 Å². The number of carbonyl (C=O) groups is 1. The fourth-order valence-corrected chi connectivity index (χ4v) is 2.01. The summed E-state index contributed by atoms with van der Waals surface area (Å²) in [7, 11) is 0. The Labute approximate surface area is 86.1 Å². The van der Waals surface area contributed by atoms with E-state index in [9.17, 15) is 4.79 Å². The monoisotopic (exact) mass is 199 g/mol. The highest BCUT2D eigenvalue weighted by atomic mass is 16.3. The summed E-state index contributed by atoms with van der Waals surface area (Å²) >= 11 is 0. The fourth-order valence-electron chi connectivity index (χ4n) is 2.01. The average molecular weight is 199 g/mol. The van der Waals surface area contributed by atoms with E-state index in [0.717, 1.165) is 0 Å². The number of aliphatic hydroxyl groups is 1. The molecule has 1 unspecified atom stereocenters. The summed E-state index contributed by atoms with van der Waals surface area (Å²) in [5, 5.41) is 8.96. The lowest BCUT2D eigenvalue weighted by molar-refractivity contribution is -0.125. The fraction of sp³-hybridized carbons (Fsp3) is 0.909. The first-order valence-electron chi connectivity index (χ1n) is 5.60. The molecule has 1 rings (SSSR count). The molecule has 0 radical (unpaired) electrons. The van der Waals surface area contributed by atoms with Gasteiger partial charge in [-0.2, -0.15) is 0 Å². The summed E-state index contributed by atoms with van der Waals surface area (Å²) in [4.78, 5) is 13.7. The molecule has 14 heavy (non-hydrogen) atoms. The Bertz CT molecular complexity index is 190. The van der Waals surface area contributed by atoms with Crippen molar-refractivity contribution in [1.82, 2.24) is 4.90 Å². The largest absolute Gasteiger partial charge is 0.395 e. The number of carbonyl (C=O) groups excluding carboxylic acids is 1. The Morgan fingerprint density at radius 2 is 2.21 bits per heavy atom. The van der Waals surface area contributed by atoms with Crippen LogP contribution in [-0.4, -0.2) is 41.0 Å². The molecule has 1 N–H and O–H groups in total. The van der Waals surface area contributed by atoms with Gasteiger partial charge in [0, 0.05) is 19.0 Å². The second kappa shape index (κ2) is 5.47. The predicted octanol–water partition coefficient (Wildman–Crippen LogP) is 1.20. The first kappa shape index (κ1) is 11.7. The molecule has 0 aliphatic heterocycles. The molecule has 0 amide bonds. The van der Waals surface area contributed by atoms with Gasteiger partial charge in [0.15, 0.2) is 0 Å². The van der Waals surface area contributed by atoms with Crippen molar-refractivity contribution in [1.29, 1.82) is 0 Å². The third-order valence-electron chi connectivity index (χ3n) is 3.21. The maximum atomic E-state index is 11.5. The van der Waals surface area contributed by atoms with E-state index in [4.69, 9.17) is 5.11 Å². The summed E-state index contributed by atoms with van der Waals surface area (Å²) in [6.07, 6.45) is 4.22. The van der Waals surface area contributed by atoms with Crippen LogP contribution in [0.2, 0.25) is 0 Å². The van der Waals surface area contributed by atoms with Crippen LogP contribution in [0.5, 0.6) is 0 Å². The molecule has 0 saturated heterocycles. The third-order valence-corrected chi connectivity index (χ3v) is 3.21. The number of hydrogen-bond donors (Lipinski definition) is 1. The molecule has 82 valence electrons. The molecule has 1 saturated carbocycles. The highest BCUT2D eigenvalue weighted by molar-refractivity contribution is 5.83. The van der Waals surface area contributed by atoms with E-state index in [2.05, 4.69) is 4.90 Å². The Morgan fingerprint density at radius 1 is 1.57 bits per heavy atom. The van der Waals surface area contributed by atoms with Crippen molar-refractivity contribution in [3.63, 3.8) is 0 Å². The second-order valence-corrected chi connectivity index (χ2v) is 4.04. The van der Waals surface area contributed by atoms with Gasteiger partial charge in [-0.3, -0.25) is 9.69 Å². The number of hydrogen-bond acceptors (Lipinski definition) is 3. The maximum absolute atomic E-state index is 11.5. The molecule has 0 spiro atoms. The topological polar surface area (TPSA) is 40.5 Å². The second-order valence-electron chi connectivity index (χ2n) is 4.04. The third kappa shape index (κ3) is 2.55. The van der Waals surface area contributed by atoms with Gasteiger partial charge in [-0.05, 0) is 19.8 Å². The molecule has 0 aromatic rings. The summed E-state index contributed by atoms with van der Waals surface area (Å²) in [6.45, 7) is 4.64. The van der Waals surface area contributed by atoms with Crippen LogP contribution >= 0.6 is 0 Å². The molecule has 0 heterocycles. The van der Waals surface area contributed by atoms with E-state index < -0.39 is 0 Å². The lowest BCUT2D eigenvalue weighted by Gasteiger charge is -2.40. The zero-order valence-electron chi connectivity index (χ0n) is 9.20. The lowest BCUT2D eigenvalue weighted by atomic mass is 9.90. The summed E-state index contributed by atoms with van der Waals surface area (Å²) in [5.41, 5.74) is 0. The van der Waals surface area contributed by atoms with E-state index in [1.54, 1.807) is 0 Å². The minimum Gasteiger partial charge on any atom is -0.395 e. The van der Waals surface area contributed by atoms with Crippen molar-refractivity contribution in [2.75, 3.05) is 13.2 Å². The van der Waals surface area contributed by atoms with Crippen molar-refractivity contribution < 1.29 is 9.90 Å². The van der Waals surface area contributed by atoms with E-state index >= 15 is 0 Å². The van der Waals surface area contributed by atoms with Gasteiger partial charge in [-0.15, -0.1) is 0 Å². The minimum absolute atomic E-state index is 0.0163. The number of nitrogens with zero attached hydrogens (tertiary/aromatic N) is 1. The van der Waals surface area contributed by atoms with Gasteiger partial charge in [-0.1, -0.05) is 13.3 Å². The highest BCUT2D eigenvalue weighted by Gasteiger charge is 2.30. The molecule has 0 aromatic carbocycles. The molecule has 1 aliphatic carbocycles. The van der Waals surface area contributed by atoms with Crippen LogP contribution in [0.4, 0.5) is 0 Å². The first-order chi connectivity index (χ1) is 6.70. The zero-order chi connectivity index (χ0) is 10.6. The van der Waals surface area contributed by atoms with Crippen molar-refractivity contribution >= 4 is 5.78 Å². The number of aliphatic hydroxyl groups excluding tert-OH is 1. The minimum atomic E-state index is -0.0163. The summed E-state index contributed by atoms with van der Waals surface area (Å²) in [5.74, 6) is 0.283. The Kier molecular flexibility index (Phi) is 4.55. The first-order valence-corrected chi connectivity index (χ1v) is 5.60. The van der Waals surface area contributed by atoms with Crippen LogP contribution in [0.25, 0.3) is 0 Å². The highest BCUT2D eigenvalue weighted by Crippen LogP contribution is 2.26. The molecule has 3 nitrogen and oxygen atoms in total. The Morgan fingerprint density at radius 3 is 2.57 bits per heavy atom. The molecule has 3 heteroatoms. The lowest BCUT2D eigenvalue weighted by Crippen LogP contribution is -2.49. The zero-order valence-corrected chi connectivity index (χ0v) is 9.20. The van der Waals surface area contributed by atoms with E-state index in [1.807, 2.05) is 13.8 Å². The number of ketones is 1. The normalized spacial score (nSPS) is 19.4. The number of Topliss-reactive ketones (excluding diaryl/α,β-unsaturated/α-hetero) is 1. The van der Waals surface area contributed by atoms with Gasteiger partial charge < -0.3 is 5.11 Å². The van der Waals surface area contributed by atoms with Crippen molar-refractivity contribution in [2.24, 2.45) is 0 Å². The van der Waals surface area contributed by atoms with Gasteiger partial charge in [0.05, 0.1) is 12.6 Å². The molecular weight excluding hydrogens is 178 g/mol. The molecule has 1 atom stereocenters. The Balaban J connectivity index is 2.51. The summed E-state index contributed by atoms with van der Waals surface area (Å²) < 4.78 is 0. The van der Waals surface area contributed by atoms with Crippen molar-refractivity contribution in [2.45, 2.75) is 51.6 Å². The van der Waals surface area contributed by atoms with Crippen LogP contribution in [0.15, 0.2) is 0 Å². The smallest absolute Gasteiger partial charge is 0.149 e.